The maximum absolute atomic E-state index is 9.48. The Labute approximate surface area is 129 Å². The van der Waals surface area contributed by atoms with Gasteiger partial charge in [0.25, 0.3) is 0 Å². The maximum atomic E-state index is 9.48. The molecule has 0 spiro atoms. The number of benzene rings is 1. The molecule has 0 amide bonds. The van der Waals surface area contributed by atoms with Crippen LogP contribution < -0.4 is 5.32 Å². The van der Waals surface area contributed by atoms with Crippen molar-refractivity contribution in [3.8, 4) is 6.07 Å². The molecule has 0 radical (unpaired) electrons. The topological polar surface area (TPSA) is 68.9 Å². The van der Waals surface area contributed by atoms with Gasteiger partial charge < -0.3 is 10.4 Å². The molecule has 2 rings (SSSR count). The van der Waals surface area contributed by atoms with Crippen molar-refractivity contribution in [2.75, 3.05) is 18.5 Å². The minimum Gasteiger partial charge on any atom is -0.396 e. The Hall–Kier alpha value is -2.09. The zero-order valence-electron chi connectivity index (χ0n) is 11.5. The number of aliphatic hydroxyl groups is 1. The first-order valence-corrected chi connectivity index (χ1v) is 7.05. The Morgan fingerprint density at radius 3 is 2.86 bits per heavy atom. The van der Waals surface area contributed by atoms with E-state index in [2.05, 4.69) is 16.4 Å². The fourth-order valence-electron chi connectivity index (χ4n) is 2.03. The molecule has 0 fully saturated rings. The molecule has 5 heteroatoms. The van der Waals surface area contributed by atoms with Gasteiger partial charge in [-0.2, -0.15) is 5.26 Å². The monoisotopic (exact) mass is 301 g/mol. The number of rotatable bonds is 6. The molecule has 0 bridgehead atoms. The molecule has 4 nitrogen and oxygen atoms in total. The van der Waals surface area contributed by atoms with Gasteiger partial charge in [0.05, 0.1) is 11.3 Å². The molecular weight excluding hydrogens is 286 g/mol. The Balaban J connectivity index is 1.99. The van der Waals surface area contributed by atoms with Crippen molar-refractivity contribution < 1.29 is 5.11 Å². The lowest BCUT2D eigenvalue weighted by molar-refractivity contribution is 0.232. The lowest BCUT2D eigenvalue weighted by atomic mass is 10.0. The smallest absolute Gasteiger partial charge is 0.101 e. The quantitative estimate of drug-likeness (QED) is 0.861. The minimum atomic E-state index is 0.0297. The lowest BCUT2D eigenvalue weighted by Gasteiger charge is -2.16. The number of hydrogen-bond donors (Lipinski definition) is 2. The molecule has 1 unspecified atom stereocenters. The van der Waals surface area contributed by atoms with Crippen LogP contribution in [0.5, 0.6) is 0 Å². The van der Waals surface area contributed by atoms with Gasteiger partial charge in [-0.05, 0) is 36.8 Å². The number of aromatic nitrogens is 1. The average Bonchev–Trinajstić information content (AvgIpc) is 2.53. The normalized spacial score (nSPS) is 11.7. The molecule has 0 aliphatic carbocycles. The highest BCUT2D eigenvalue weighted by molar-refractivity contribution is 6.30. The third-order valence-electron chi connectivity index (χ3n) is 3.17. The van der Waals surface area contributed by atoms with E-state index in [0.29, 0.717) is 23.6 Å². The summed E-state index contributed by atoms with van der Waals surface area (Å²) in [5, 5.41) is 22.3. The number of halogens is 1. The second-order valence-corrected chi connectivity index (χ2v) is 5.19. The summed E-state index contributed by atoms with van der Waals surface area (Å²) in [5.74, 6) is 0.0297. The molecular formula is C16H16ClN3O. The highest BCUT2D eigenvalue weighted by atomic mass is 35.5. The van der Waals surface area contributed by atoms with E-state index >= 15 is 0 Å². The Morgan fingerprint density at radius 2 is 2.19 bits per heavy atom. The zero-order chi connectivity index (χ0) is 15.1. The largest absolute Gasteiger partial charge is 0.396 e. The SMILES string of the molecule is N#Cc1cc(Cl)ccc1NCC(CO)Cc1ccccn1. The maximum Gasteiger partial charge on any atom is 0.101 e. The van der Waals surface area contributed by atoms with Crippen LogP contribution in [0.25, 0.3) is 0 Å². The van der Waals surface area contributed by atoms with Crippen molar-refractivity contribution in [1.82, 2.24) is 4.98 Å². The fraction of sp³-hybridized carbons (Fsp3) is 0.250. The summed E-state index contributed by atoms with van der Waals surface area (Å²) in [5.41, 5.74) is 2.16. The third kappa shape index (κ3) is 4.45. The van der Waals surface area contributed by atoms with Gasteiger partial charge in [-0.15, -0.1) is 0 Å². The van der Waals surface area contributed by atoms with E-state index in [4.69, 9.17) is 16.9 Å². The van der Waals surface area contributed by atoms with E-state index in [1.807, 2.05) is 18.2 Å². The van der Waals surface area contributed by atoms with Crippen molar-refractivity contribution >= 4 is 17.3 Å². The van der Waals surface area contributed by atoms with E-state index < -0.39 is 0 Å². The highest BCUT2D eigenvalue weighted by Gasteiger charge is 2.11. The van der Waals surface area contributed by atoms with Crippen molar-refractivity contribution in [1.29, 1.82) is 5.26 Å². The van der Waals surface area contributed by atoms with Gasteiger partial charge in [0, 0.05) is 36.0 Å². The number of anilines is 1. The van der Waals surface area contributed by atoms with Gasteiger partial charge >= 0.3 is 0 Å². The second kappa shape index (κ2) is 7.63. The first kappa shape index (κ1) is 15.3. The summed E-state index contributed by atoms with van der Waals surface area (Å²) in [6.45, 7) is 0.614. The van der Waals surface area contributed by atoms with Crippen LogP contribution in [0.4, 0.5) is 5.69 Å². The summed E-state index contributed by atoms with van der Waals surface area (Å²) < 4.78 is 0. The van der Waals surface area contributed by atoms with Crippen molar-refractivity contribution in [2.45, 2.75) is 6.42 Å². The Bertz CT molecular complexity index is 625. The first-order valence-electron chi connectivity index (χ1n) is 6.67. The Kier molecular flexibility index (Phi) is 5.56. The summed E-state index contributed by atoms with van der Waals surface area (Å²) in [6.07, 6.45) is 2.42. The zero-order valence-corrected chi connectivity index (χ0v) is 12.2. The molecule has 2 N–H and O–H groups in total. The Morgan fingerprint density at radius 1 is 1.33 bits per heavy atom. The number of hydrogen-bond acceptors (Lipinski definition) is 4. The highest BCUT2D eigenvalue weighted by Crippen LogP contribution is 2.20. The fourth-order valence-corrected chi connectivity index (χ4v) is 2.21. The van der Waals surface area contributed by atoms with Crippen LogP contribution in [0.3, 0.4) is 0 Å². The summed E-state index contributed by atoms with van der Waals surface area (Å²) in [4.78, 5) is 4.26. The van der Waals surface area contributed by atoms with E-state index in [1.165, 1.54) is 0 Å². The number of nitrogens with one attached hydrogen (secondary N) is 1. The molecule has 0 aliphatic heterocycles. The third-order valence-corrected chi connectivity index (χ3v) is 3.40. The molecule has 1 aromatic carbocycles. The van der Waals surface area contributed by atoms with E-state index in [0.717, 1.165) is 11.4 Å². The van der Waals surface area contributed by atoms with Crippen LogP contribution in [-0.4, -0.2) is 23.2 Å². The van der Waals surface area contributed by atoms with E-state index in [-0.39, 0.29) is 12.5 Å². The van der Waals surface area contributed by atoms with Gasteiger partial charge in [-0.25, -0.2) is 0 Å². The van der Waals surface area contributed by atoms with Gasteiger partial charge in [-0.3, -0.25) is 4.98 Å². The van der Waals surface area contributed by atoms with Crippen LogP contribution in [0.15, 0.2) is 42.6 Å². The number of nitriles is 1. The predicted molar refractivity (Wildman–Crippen MR) is 83.2 cm³/mol. The van der Waals surface area contributed by atoms with Crippen molar-refractivity contribution in [3.63, 3.8) is 0 Å². The van der Waals surface area contributed by atoms with Gasteiger partial charge in [0.2, 0.25) is 0 Å². The van der Waals surface area contributed by atoms with Gasteiger partial charge in [0.15, 0.2) is 0 Å². The number of nitrogens with zero attached hydrogens (tertiary/aromatic N) is 2. The van der Waals surface area contributed by atoms with Gasteiger partial charge in [-0.1, -0.05) is 17.7 Å². The first-order chi connectivity index (χ1) is 10.2. The van der Waals surface area contributed by atoms with E-state index in [1.54, 1.807) is 24.4 Å². The standard InChI is InChI=1S/C16H16ClN3O/c17-14-4-5-16(13(8-14)9-18)20-10-12(11-21)7-15-3-1-2-6-19-15/h1-6,8,12,20-21H,7,10-11H2. The van der Waals surface area contributed by atoms with Crippen molar-refractivity contribution in [2.24, 2.45) is 5.92 Å². The minimum absolute atomic E-state index is 0.0297. The van der Waals surface area contributed by atoms with Gasteiger partial charge in [0.1, 0.15) is 6.07 Å². The van der Waals surface area contributed by atoms with Crippen LogP contribution in [0.1, 0.15) is 11.3 Å². The lowest BCUT2D eigenvalue weighted by Crippen LogP contribution is -2.21. The van der Waals surface area contributed by atoms with Crippen molar-refractivity contribution in [3.05, 3.63) is 58.9 Å². The average molecular weight is 302 g/mol. The van der Waals surface area contributed by atoms with E-state index in [9.17, 15) is 5.11 Å². The number of aliphatic hydroxyl groups excluding tert-OH is 1. The molecule has 108 valence electrons. The summed E-state index contributed by atoms with van der Waals surface area (Å²) >= 11 is 5.87. The predicted octanol–water partition coefficient (Wildman–Crippen LogP) is 2.87. The molecule has 2 aromatic rings. The van der Waals surface area contributed by atoms with Crippen LogP contribution in [-0.2, 0) is 6.42 Å². The summed E-state index contributed by atoms with van der Waals surface area (Å²) in [7, 11) is 0. The van der Waals surface area contributed by atoms with Crippen LogP contribution in [0.2, 0.25) is 5.02 Å². The number of pyridine rings is 1. The molecule has 1 heterocycles. The molecule has 1 aromatic heterocycles. The molecule has 0 saturated heterocycles. The van der Waals surface area contributed by atoms with Crippen LogP contribution in [0, 0.1) is 17.2 Å². The molecule has 1 atom stereocenters. The van der Waals surface area contributed by atoms with Crippen LogP contribution >= 0.6 is 11.6 Å². The molecule has 21 heavy (non-hydrogen) atoms. The molecule has 0 aliphatic rings. The summed E-state index contributed by atoms with van der Waals surface area (Å²) in [6, 6.07) is 13.0. The molecule has 0 saturated carbocycles. The second-order valence-electron chi connectivity index (χ2n) is 4.76.